The molecule has 0 saturated carbocycles. The Morgan fingerprint density at radius 2 is 1.85 bits per heavy atom. The van der Waals surface area contributed by atoms with Gasteiger partial charge in [0.1, 0.15) is 34.4 Å². The van der Waals surface area contributed by atoms with E-state index < -0.39 is 16.4 Å². The quantitative estimate of drug-likeness (QED) is 0.626. The number of rotatable bonds is 6. The van der Waals surface area contributed by atoms with Crippen LogP contribution >= 0.6 is 0 Å². The summed E-state index contributed by atoms with van der Waals surface area (Å²) in [4.78, 5) is 38.9. The zero-order valence-corrected chi connectivity index (χ0v) is 20.3. The van der Waals surface area contributed by atoms with Gasteiger partial charge in [-0.2, -0.15) is 0 Å². The van der Waals surface area contributed by atoms with Crippen LogP contribution in [0.3, 0.4) is 0 Å². The first kappa shape index (κ1) is 24.6. The molecule has 11 heteroatoms. The number of Topliss-reactive ketones (excluding diaryl/α,β-unsaturated/α-hetero) is 1. The average molecular weight is 476 g/mol. The summed E-state index contributed by atoms with van der Waals surface area (Å²) >= 11 is 0. The van der Waals surface area contributed by atoms with Crippen molar-refractivity contribution in [1.29, 1.82) is 0 Å². The number of nitrogens with one attached hydrogen (secondary N) is 1. The molecule has 1 saturated heterocycles. The molecular formula is C22H29N5O5S. The molecule has 1 atom stereocenters. The van der Waals surface area contributed by atoms with E-state index >= 15 is 0 Å². The maximum absolute atomic E-state index is 12.4. The zero-order chi connectivity index (χ0) is 24.2. The predicted octanol–water partition coefficient (Wildman–Crippen LogP) is 3.33. The summed E-state index contributed by atoms with van der Waals surface area (Å²) in [6.07, 6.45) is 5.02. The number of likely N-dealkylation sites (tertiary alicyclic amines) is 1. The summed E-state index contributed by atoms with van der Waals surface area (Å²) in [5, 5.41) is 3.51. The van der Waals surface area contributed by atoms with Crippen molar-refractivity contribution in [2.45, 2.75) is 57.3 Å². The fraction of sp³-hybridized carbons (Fsp3) is 0.500. The highest BCUT2D eigenvalue weighted by Crippen LogP contribution is 2.28. The van der Waals surface area contributed by atoms with Crippen molar-refractivity contribution in [2.24, 2.45) is 0 Å². The van der Waals surface area contributed by atoms with E-state index in [1.165, 1.54) is 19.4 Å². The van der Waals surface area contributed by atoms with Crippen LogP contribution in [-0.2, 0) is 15.5 Å². The molecule has 2 aromatic rings. The van der Waals surface area contributed by atoms with Crippen molar-refractivity contribution < 1.29 is 23.3 Å². The third-order valence-corrected chi connectivity index (χ3v) is 5.66. The molecule has 0 aliphatic carbocycles. The number of anilines is 2. The van der Waals surface area contributed by atoms with Gasteiger partial charge in [0.2, 0.25) is 5.88 Å². The highest BCUT2D eigenvalue weighted by molar-refractivity contribution is 7.84. The van der Waals surface area contributed by atoms with Crippen LogP contribution in [0, 0.1) is 0 Å². The van der Waals surface area contributed by atoms with Gasteiger partial charge < -0.3 is 19.7 Å². The van der Waals surface area contributed by atoms with Crippen molar-refractivity contribution in [2.75, 3.05) is 24.7 Å². The lowest BCUT2D eigenvalue weighted by Crippen LogP contribution is -2.44. The van der Waals surface area contributed by atoms with Crippen molar-refractivity contribution in [1.82, 2.24) is 19.9 Å². The lowest BCUT2D eigenvalue weighted by Gasteiger charge is -2.33. The summed E-state index contributed by atoms with van der Waals surface area (Å²) in [5.41, 5.74) is 0.270. The highest BCUT2D eigenvalue weighted by atomic mass is 32.2. The number of nitrogens with zero attached hydrogens (tertiary/aromatic N) is 4. The average Bonchev–Trinajstić information content (AvgIpc) is 2.73. The molecule has 0 spiro atoms. The number of aromatic nitrogens is 3. The molecule has 1 N–H and O–H groups in total. The first-order chi connectivity index (χ1) is 15.5. The number of hydrogen-bond acceptors (Lipinski definition) is 9. The van der Waals surface area contributed by atoms with Gasteiger partial charge in [-0.3, -0.25) is 9.00 Å². The van der Waals surface area contributed by atoms with Crippen LogP contribution in [0.15, 0.2) is 29.7 Å². The molecule has 2 aromatic heterocycles. The Bertz CT molecular complexity index is 1030. The molecule has 3 rings (SSSR count). The smallest absolute Gasteiger partial charge is 0.410 e. The van der Waals surface area contributed by atoms with E-state index in [2.05, 4.69) is 20.3 Å². The molecule has 10 nitrogen and oxygen atoms in total. The first-order valence-corrected chi connectivity index (χ1v) is 12.2. The van der Waals surface area contributed by atoms with Crippen LogP contribution in [0.2, 0.25) is 0 Å². The van der Waals surface area contributed by atoms with Crippen molar-refractivity contribution in [3.8, 4) is 5.88 Å². The maximum Gasteiger partial charge on any atom is 0.410 e. The summed E-state index contributed by atoms with van der Waals surface area (Å²) in [7, 11) is -1.19. The molecule has 0 aromatic carbocycles. The normalized spacial score (nSPS) is 15.6. The molecule has 1 unspecified atom stereocenters. The van der Waals surface area contributed by atoms with Gasteiger partial charge in [0, 0.05) is 32.2 Å². The maximum atomic E-state index is 12.4. The van der Waals surface area contributed by atoms with Gasteiger partial charge >= 0.3 is 6.09 Å². The topological polar surface area (TPSA) is 124 Å². The van der Waals surface area contributed by atoms with Crippen LogP contribution < -0.4 is 10.1 Å². The standard InChI is InChI=1S/C22H29N5O5S/c1-14(28)18-19(26-15-6-7-17(23-12-15)33(5)30)24-13-25-20(18)31-16-8-10-27(11-9-16)21(29)32-22(2,3)4/h6-7,12-13,16H,8-11H2,1-5H3,(H,24,25,26). The Hall–Kier alpha value is -3.08. The number of carbonyl (C=O) groups excluding carboxylic acids is 2. The number of ether oxygens (including phenoxy) is 2. The Morgan fingerprint density at radius 3 is 2.39 bits per heavy atom. The second-order valence-electron chi connectivity index (χ2n) is 8.71. The van der Waals surface area contributed by atoms with Crippen LogP contribution in [0.1, 0.15) is 50.9 Å². The second-order valence-corrected chi connectivity index (χ2v) is 10.0. The zero-order valence-electron chi connectivity index (χ0n) is 19.5. The number of amides is 1. The van der Waals surface area contributed by atoms with Crippen LogP contribution in [0.25, 0.3) is 0 Å². The van der Waals surface area contributed by atoms with Gasteiger partial charge in [-0.05, 0) is 39.8 Å². The number of ketones is 1. The van der Waals surface area contributed by atoms with E-state index in [4.69, 9.17) is 9.47 Å². The molecule has 0 bridgehead atoms. The first-order valence-electron chi connectivity index (χ1n) is 10.6. The molecule has 3 heterocycles. The summed E-state index contributed by atoms with van der Waals surface area (Å²) in [5.74, 6) is 0.236. The fourth-order valence-corrected chi connectivity index (χ4v) is 3.73. The minimum Gasteiger partial charge on any atom is -0.474 e. The SMILES string of the molecule is CC(=O)c1c(Nc2ccc(S(C)=O)nc2)ncnc1OC1CCN(C(=O)OC(C)(C)C)CC1. The van der Waals surface area contributed by atoms with Gasteiger partial charge in [-0.15, -0.1) is 0 Å². The van der Waals surface area contributed by atoms with Crippen molar-refractivity contribution >= 4 is 34.2 Å². The third-order valence-electron chi connectivity index (χ3n) is 4.83. The Labute approximate surface area is 195 Å². The van der Waals surface area contributed by atoms with Crippen molar-refractivity contribution in [3.63, 3.8) is 0 Å². The number of pyridine rings is 1. The van der Waals surface area contributed by atoms with Crippen LogP contribution in [0.5, 0.6) is 5.88 Å². The molecule has 1 fully saturated rings. The lowest BCUT2D eigenvalue weighted by molar-refractivity contribution is 0.0122. The molecule has 1 aliphatic heterocycles. The fourth-order valence-electron chi connectivity index (χ4n) is 3.27. The van der Waals surface area contributed by atoms with E-state index in [0.29, 0.717) is 42.5 Å². The molecule has 0 radical (unpaired) electrons. The molecular weight excluding hydrogens is 446 g/mol. The second kappa shape index (κ2) is 10.2. The highest BCUT2D eigenvalue weighted by Gasteiger charge is 2.29. The van der Waals surface area contributed by atoms with Crippen LogP contribution in [-0.4, -0.2) is 67.0 Å². The van der Waals surface area contributed by atoms with E-state index in [1.807, 2.05) is 20.8 Å². The minimum absolute atomic E-state index is 0.190. The summed E-state index contributed by atoms with van der Waals surface area (Å²) < 4.78 is 23.0. The van der Waals surface area contributed by atoms with E-state index in [1.54, 1.807) is 23.3 Å². The van der Waals surface area contributed by atoms with E-state index in [0.717, 1.165) is 0 Å². The molecule has 33 heavy (non-hydrogen) atoms. The Kier molecular flexibility index (Phi) is 7.62. The molecule has 1 amide bonds. The van der Waals surface area contributed by atoms with Crippen molar-refractivity contribution in [3.05, 3.63) is 30.2 Å². The largest absolute Gasteiger partial charge is 0.474 e. The van der Waals surface area contributed by atoms with E-state index in [9.17, 15) is 13.8 Å². The minimum atomic E-state index is -1.19. The Balaban J connectivity index is 1.70. The Morgan fingerprint density at radius 1 is 1.15 bits per heavy atom. The van der Waals surface area contributed by atoms with Gasteiger partial charge in [0.15, 0.2) is 5.78 Å². The molecule has 1 aliphatic rings. The van der Waals surface area contributed by atoms with E-state index in [-0.39, 0.29) is 29.4 Å². The monoisotopic (exact) mass is 475 g/mol. The van der Waals surface area contributed by atoms with Gasteiger partial charge in [0.25, 0.3) is 0 Å². The van der Waals surface area contributed by atoms with Gasteiger partial charge in [-0.25, -0.2) is 19.7 Å². The predicted molar refractivity (Wildman–Crippen MR) is 123 cm³/mol. The number of piperidine rings is 1. The summed E-state index contributed by atoms with van der Waals surface area (Å²) in [6, 6.07) is 3.35. The summed E-state index contributed by atoms with van der Waals surface area (Å²) in [6.45, 7) is 7.90. The third kappa shape index (κ3) is 6.70. The van der Waals surface area contributed by atoms with Gasteiger partial charge in [0.05, 0.1) is 22.7 Å². The molecule has 178 valence electrons. The van der Waals surface area contributed by atoms with Crippen LogP contribution in [0.4, 0.5) is 16.3 Å². The lowest BCUT2D eigenvalue weighted by atomic mass is 10.1. The number of carbonyl (C=O) groups is 2. The number of hydrogen-bond donors (Lipinski definition) is 1. The van der Waals surface area contributed by atoms with Gasteiger partial charge in [-0.1, -0.05) is 0 Å².